The van der Waals surface area contributed by atoms with Gasteiger partial charge >= 0.3 is 0 Å². The molecule has 0 amide bonds. The van der Waals surface area contributed by atoms with Crippen LogP contribution in [0.15, 0.2) is 40.2 Å². The van der Waals surface area contributed by atoms with Gasteiger partial charge in [0.1, 0.15) is 11.9 Å². The van der Waals surface area contributed by atoms with E-state index >= 15 is 0 Å². The zero-order valence-electron chi connectivity index (χ0n) is 14.2. The topological polar surface area (TPSA) is 65.7 Å². The molecule has 2 bridgehead atoms. The van der Waals surface area contributed by atoms with Crippen LogP contribution >= 0.6 is 0 Å². The Morgan fingerprint density at radius 2 is 2.25 bits per heavy atom. The second-order valence-electron chi connectivity index (χ2n) is 7.81. The van der Waals surface area contributed by atoms with E-state index in [0.29, 0.717) is 24.0 Å². The van der Waals surface area contributed by atoms with Gasteiger partial charge in [-0.25, -0.2) is 4.99 Å². The summed E-state index contributed by atoms with van der Waals surface area (Å²) in [6.45, 7) is 2.22. The molecule has 2 aliphatic carbocycles. The third kappa shape index (κ3) is 2.29. The fourth-order valence-electron chi connectivity index (χ4n) is 5.23. The van der Waals surface area contributed by atoms with Crippen LogP contribution < -0.4 is 16.4 Å². The highest BCUT2D eigenvalue weighted by Gasteiger charge is 2.39. The first kappa shape index (κ1) is 14.6. The maximum Gasteiger partial charge on any atom is 0.195 e. The molecule has 24 heavy (non-hydrogen) atoms. The van der Waals surface area contributed by atoms with Gasteiger partial charge in [0.25, 0.3) is 0 Å². The maximum atomic E-state index is 6.23. The summed E-state index contributed by atoms with van der Waals surface area (Å²) in [4.78, 5) is 7.42. The predicted molar refractivity (Wildman–Crippen MR) is 96.3 cm³/mol. The molecule has 5 nitrogen and oxygen atoms in total. The highest BCUT2D eigenvalue weighted by molar-refractivity contribution is 5.82. The van der Waals surface area contributed by atoms with Gasteiger partial charge < -0.3 is 21.3 Å². The first-order valence-electron chi connectivity index (χ1n) is 9.49. The molecule has 0 aromatic rings. The number of allylic oxidation sites excluding steroid dienone is 3. The number of likely N-dealkylation sites (tertiary alicyclic amines) is 1. The minimum absolute atomic E-state index is 0.158. The molecule has 3 aliphatic heterocycles. The van der Waals surface area contributed by atoms with Crippen LogP contribution in [0.2, 0.25) is 0 Å². The number of piperidine rings is 1. The van der Waals surface area contributed by atoms with Crippen molar-refractivity contribution in [2.24, 2.45) is 16.6 Å². The van der Waals surface area contributed by atoms with Crippen molar-refractivity contribution in [2.45, 2.75) is 56.7 Å². The minimum Gasteiger partial charge on any atom is -0.370 e. The van der Waals surface area contributed by atoms with E-state index < -0.39 is 0 Å². The van der Waals surface area contributed by atoms with Crippen molar-refractivity contribution in [2.75, 3.05) is 13.1 Å². The highest BCUT2D eigenvalue weighted by atomic mass is 15.3. The third-order valence-electron chi connectivity index (χ3n) is 6.43. The van der Waals surface area contributed by atoms with Crippen LogP contribution in [0.25, 0.3) is 0 Å². The van der Waals surface area contributed by atoms with Crippen molar-refractivity contribution < 1.29 is 0 Å². The number of aliphatic imine (C=N–C) groups is 1. The SMILES string of the molecule is NC1=NC2C3=CC=CCC3CCCC2=C(N2CCC3CC2CN3)N1. The smallest absolute Gasteiger partial charge is 0.195 e. The van der Waals surface area contributed by atoms with Crippen LogP contribution in [0.5, 0.6) is 0 Å². The summed E-state index contributed by atoms with van der Waals surface area (Å²) in [5.74, 6) is 2.51. The Morgan fingerprint density at radius 3 is 3.21 bits per heavy atom. The second kappa shape index (κ2) is 5.66. The predicted octanol–water partition coefficient (Wildman–Crippen LogP) is 1.61. The number of guanidine groups is 1. The molecule has 0 spiro atoms. The maximum absolute atomic E-state index is 6.23. The molecule has 128 valence electrons. The van der Waals surface area contributed by atoms with E-state index in [1.165, 1.54) is 42.7 Å². The Labute approximate surface area is 143 Å². The van der Waals surface area contributed by atoms with Gasteiger partial charge in [-0.3, -0.25) is 0 Å². The zero-order chi connectivity index (χ0) is 16.1. The number of fused-ring (bicyclic) bond motifs is 5. The molecule has 4 unspecified atom stereocenters. The molecule has 2 saturated heterocycles. The molecule has 0 radical (unpaired) electrons. The molecule has 1 saturated carbocycles. The van der Waals surface area contributed by atoms with Gasteiger partial charge in [0.2, 0.25) is 0 Å². The lowest BCUT2D eigenvalue weighted by Gasteiger charge is -2.40. The Hall–Kier alpha value is -1.75. The summed E-state index contributed by atoms with van der Waals surface area (Å²) in [5, 5.41) is 7.11. The molecular weight excluding hydrogens is 298 g/mol. The minimum atomic E-state index is 0.158. The van der Waals surface area contributed by atoms with Gasteiger partial charge in [-0.05, 0) is 55.6 Å². The van der Waals surface area contributed by atoms with Crippen LogP contribution in [-0.2, 0) is 0 Å². The number of rotatable bonds is 1. The third-order valence-corrected chi connectivity index (χ3v) is 6.43. The number of hydrogen-bond donors (Lipinski definition) is 3. The van der Waals surface area contributed by atoms with Crippen molar-refractivity contribution in [1.29, 1.82) is 0 Å². The molecule has 0 aromatic heterocycles. The lowest BCUT2D eigenvalue weighted by molar-refractivity contribution is 0.213. The summed E-state index contributed by atoms with van der Waals surface area (Å²) >= 11 is 0. The second-order valence-corrected chi connectivity index (χ2v) is 7.81. The van der Waals surface area contributed by atoms with Crippen LogP contribution in [0.1, 0.15) is 38.5 Å². The van der Waals surface area contributed by atoms with Crippen molar-refractivity contribution in [3.8, 4) is 0 Å². The van der Waals surface area contributed by atoms with Gasteiger partial charge in [0, 0.05) is 25.2 Å². The van der Waals surface area contributed by atoms with Crippen LogP contribution in [0, 0.1) is 5.92 Å². The molecule has 0 aromatic carbocycles. The lowest BCUT2D eigenvalue weighted by Crippen LogP contribution is -2.50. The number of hydrogen-bond acceptors (Lipinski definition) is 5. The van der Waals surface area contributed by atoms with Crippen molar-refractivity contribution in [1.82, 2.24) is 15.5 Å². The molecule has 3 fully saturated rings. The summed E-state index contributed by atoms with van der Waals surface area (Å²) < 4.78 is 0. The molecule has 4 N–H and O–H groups in total. The Bertz CT molecular complexity index is 659. The largest absolute Gasteiger partial charge is 0.370 e. The molecule has 3 heterocycles. The van der Waals surface area contributed by atoms with Gasteiger partial charge in [-0.2, -0.15) is 0 Å². The van der Waals surface area contributed by atoms with Crippen molar-refractivity contribution >= 4 is 5.96 Å². The van der Waals surface area contributed by atoms with E-state index in [1.54, 1.807) is 0 Å². The van der Waals surface area contributed by atoms with Crippen molar-refractivity contribution in [3.05, 3.63) is 35.2 Å². The lowest BCUT2D eigenvalue weighted by atomic mass is 9.84. The van der Waals surface area contributed by atoms with Gasteiger partial charge in [-0.1, -0.05) is 18.2 Å². The summed E-state index contributed by atoms with van der Waals surface area (Å²) in [6, 6.07) is 1.47. The first-order chi connectivity index (χ1) is 11.8. The van der Waals surface area contributed by atoms with E-state index in [0.717, 1.165) is 25.9 Å². The van der Waals surface area contributed by atoms with Gasteiger partial charge in [0.15, 0.2) is 5.96 Å². The van der Waals surface area contributed by atoms with E-state index in [4.69, 9.17) is 10.7 Å². The van der Waals surface area contributed by atoms with E-state index in [-0.39, 0.29) is 6.04 Å². The summed E-state index contributed by atoms with van der Waals surface area (Å²) in [7, 11) is 0. The number of nitrogens with one attached hydrogen (secondary N) is 2. The Balaban J connectivity index is 1.56. The molecule has 5 rings (SSSR count). The van der Waals surface area contributed by atoms with Gasteiger partial charge in [0.05, 0.1) is 0 Å². The summed E-state index contributed by atoms with van der Waals surface area (Å²) in [6.07, 6.45) is 14.1. The Morgan fingerprint density at radius 1 is 1.29 bits per heavy atom. The monoisotopic (exact) mass is 325 g/mol. The van der Waals surface area contributed by atoms with E-state index in [2.05, 4.69) is 33.8 Å². The number of nitrogens with zero attached hydrogens (tertiary/aromatic N) is 2. The standard InChI is InChI=1S/C19H27N5/c20-19-22-17-15-6-2-1-4-12(15)5-3-7-16(17)18(23-19)24-9-8-13-10-14(24)11-21-13/h1-2,6,12-14,17,21H,3-5,7-11H2,(H3,20,22,23). The molecule has 4 atom stereocenters. The van der Waals surface area contributed by atoms with Crippen LogP contribution in [0.4, 0.5) is 0 Å². The average Bonchev–Trinajstić information content (AvgIpc) is 2.87. The van der Waals surface area contributed by atoms with E-state index in [9.17, 15) is 0 Å². The normalized spacial score (nSPS) is 37.9. The molecular formula is C19H27N5. The first-order valence-corrected chi connectivity index (χ1v) is 9.49. The average molecular weight is 325 g/mol. The van der Waals surface area contributed by atoms with Crippen LogP contribution in [-0.4, -0.2) is 42.1 Å². The van der Waals surface area contributed by atoms with Crippen LogP contribution in [0.3, 0.4) is 0 Å². The number of nitrogens with two attached hydrogens (primary N) is 1. The Kier molecular flexibility index (Phi) is 3.44. The summed E-state index contributed by atoms with van der Waals surface area (Å²) in [5.41, 5.74) is 9.18. The fraction of sp³-hybridized carbons (Fsp3) is 0.632. The zero-order valence-corrected chi connectivity index (χ0v) is 14.2. The van der Waals surface area contributed by atoms with E-state index in [1.807, 2.05) is 0 Å². The molecule has 5 heteroatoms. The highest BCUT2D eigenvalue weighted by Crippen LogP contribution is 2.40. The van der Waals surface area contributed by atoms with Crippen molar-refractivity contribution in [3.63, 3.8) is 0 Å². The fourth-order valence-corrected chi connectivity index (χ4v) is 5.23. The molecule has 5 aliphatic rings. The van der Waals surface area contributed by atoms with Gasteiger partial charge in [-0.15, -0.1) is 0 Å². The quantitative estimate of drug-likeness (QED) is 0.685.